The first-order valence-corrected chi connectivity index (χ1v) is 8.85. The Morgan fingerprint density at radius 3 is 1.62 bits per heavy atom. The fourth-order valence-electron chi connectivity index (χ4n) is 2.96. The molecule has 0 saturated carbocycles. The van der Waals surface area contributed by atoms with E-state index in [2.05, 4.69) is 65.2 Å². The summed E-state index contributed by atoms with van der Waals surface area (Å²) in [4.78, 5) is 5.30. The first kappa shape index (κ1) is 19.0. The highest BCUT2D eigenvalue weighted by Crippen LogP contribution is 2.41. The van der Waals surface area contributed by atoms with Crippen molar-refractivity contribution in [3.8, 4) is 0 Å². The highest BCUT2D eigenvalue weighted by molar-refractivity contribution is 4.83. The van der Waals surface area contributed by atoms with Crippen molar-refractivity contribution in [3.63, 3.8) is 0 Å². The smallest absolute Gasteiger partial charge is 0.0110 e. The number of nitrogens with zero attached hydrogens (tertiary/aromatic N) is 2. The molecule has 0 amide bonds. The van der Waals surface area contributed by atoms with E-state index in [0.29, 0.717) is 16.2 Å². The van der Waals surface area contributed by atoms with Gasteiger partial charge in [-0.1, -0.05) is 55.4 Å². The summed E-state index contributed by atoms with van der Waals surface area (Å²) in [5.74, 6) is 0. The molecule has 0 bridgehead atoms. The Hall–Kier alpha value is -0.0800. The van der Waals surface area contributed by atoms with Crippen molar-refractivity contribution in [1.29, 1.82) is 0 Å². The van der Waals surface area contributed by atoms with Crippen molar-refractivity contribution in [2.45, 2.75) is 68.2 Å². The van der Waals surface area contributed by atoms with Crippen LogP contribution in [0.15, 0.2) is 0 Å². The Bertz CT molecular complexity index is 299. The Labute approximate surface area is 134 Å². The molecule has 1 aliphatic heterocycles. The maximum atomic E-state index is 2.66. The molecule has 2 nitrogen and oxygen atoms in total. The third kappa shape index (κ3) is 6.69. The predicted octanol–water partition coefficient (Wildman–Crippen LogP) is 4.50. The molecule has 0 spiro atoms. The van der Waals surface area contributed by atoms with Gasteiger partial charge in [0.05, 0.1) is 0 Å². The van der Waals surface area contributed by atoms with Gasteiger partial charge in [0.1, 0.15) is 0 Å². The van der Waals surface area contributed by atoms with Crippen LogP contribution in [-0.2, 0) is 0 Å². The van der Waals surface area contributed by atoms with E-state index in [1.54, 1.807) is 0 Å². The highest BCUT2D eigenvalue weighted by atomic mass is 15.3. The predicted molar refractivity (Wildman–Crippen MR) is 94.8 cm³/mol. The van der Waals surface area contributed by atoms with E-state index in [0.717, 1.165) is 0 Å². The van der Waals surface area contributed by atoms with Gasteiger partial charge < -0.3 is 9.80 Å². The number of hydrogen-bond acceptors (Lipinski definition) is 2. The standard InChI is InChI=1S/C19H40N2/c1-17(2,3)16-21-14-12-20(13-15-21)11-9-10-19(7,8)18(4,5)6/h9-16H2,1-8H3. The van der Waals surface area contributed by atoms with Gasteiger partial charge in [-0.3, -0.25) is 0 Å². The summed E-state index contributed by atoms with van der Waals surface area (Å²) in [6.07, 6.45) is 2.67. The zero-order valence-corrected chi connectivity index (χ0v) is 16.1. The monoisotopic (exact) mass is 296 g/mol. The summed E-state index contributed by atoms with van der Waals surface area (Å²) >= 11 is 0. The normalized spacial score (nSPS) is 20.0. The molecule has 0 N–H and O–H groups in total. The summed E-state index contributed by atoms with van der Waals surface area (Å²) in [5.41, 5.74) is 1.26. The summed E-state index contributed by atoms with van der Waals surface area (Å²) in [6, 6.07) is 0. The lowest BCUT2D eigenvalue weighted by molar-refractivity contribution is 0.0851. The van der Waals surface area contributed by atoms with E-state index in [1.807, 2.05) is 0 Å². The van der Waals surface area contributed by atoms with Crippen LogP contribution in [0.3, 0.4) is 0 Å². The average molecular weight is 297 g/mol. The van der Waals surface area contributed by atoms with Crippen LogP contribution in [0.4, 0.5) is 0 Å². The van der Waals surface area contributed by atoms with Crippen LogP contribution in [0, 0.1) is 16.2 Å². The molecule has 1 fully saturated rings. The Morgan fingerprint density at radius 2 is 1.19 bits per heavy atom. The minimum absolute atomic E-state index is 0.401. The number of hydrogen-bond donors (Lipinski definition) is 0. The molecule has 1 rings (SSSR count). The maximum Gasteiger partial charge on any atom is 0.0110 e. The molecular formula is C19H40N2. The minimum atomic E-state index is 0.401. The van der Waals surface area contributed by atoms with E-state index in [9.17, 15) is 0 Å². The number of rotatable bonds is 5. The molecule has 21 heavy (non-hydrogen) atoms. The van der Waals surface area contributed by atoms with E-state index in [4.69, 9.17) is 0 Å². The first-order chi connectivity index (χ1) is 9.41. The highest BCUT2D eigenvalue weighted by Gasteiger charge is 2.32. The molecule has 126 valence electrons. The Morgan fingerprint density at radius 1 is 0.714 bits per heavy atom. The molecular weight excluding hydrogens is 256 g/mol. The fraction of sp³-hybridized carbons (Fsp3) is 1.00. The number of piperazine rings is 1. The van der Waals surface area contributed by atoms with Crippen LogP contribution in [0.2, 0.25) is 0 Å². The zero-order valence-electron chi connectivity index (χ0n) is 16.1. The van der Waals surface area contributed by atoms with Crippen molar-refractivity contribution < 1.29 is 0 Å². The van der Waals surface area contributed by atoms with Gasteiger partial charge in [-0.25, -0.2) is 0 Å². The summed E-state index contributed by atoms with van der Waals surface area (Å²) in [6.45, 7) is 26.5. The van der Waals surface area contributed by atoms with Crippen LogP contribution in [-0.4, -0.2) is 49.1 Å². The molecule has 1 saturated heterocycles. The third-order valence-corrected chi connectivity index (χ3v) is 5.47. The van der Waals surface area contributed by atoms with Gasteiger partial charge in [-0.15, -0.1) is 0 Å². The van der Waals surface area contributed by atoms with Crippen LogP contribution < -0.4 is 0 Å². The second-order valence-corrected chi connectivity index (χ2v) is 9.92. The lowest BCUT2D eigenvalue weighted by atomic mass is 9.67. The van der Waals surface area contributed by atoms with E-state index >= 15 is 0 Å². The largest absolute Gasteiger partial charge is 0.301 e. The second kappa shape index (κ2) is 7.00. The summed E-state index contributed by atoms with van der Waals surface area (Å²) in [7, 11) is 0. The summed E-state index contributed by atoms with van der Waals surface area (Å²) in [5, 5.41) is 0. The zero-order chi connectivity index (χ0) is 16.3. The molecule has 0 unspecified atom stereocenters. The lowest BCUT2D eigenvalue weighted by Gasteiger charge is -2.41. The fourth-order valence-corrected chi connectivity index (χ4v) is 2.96. The SMILES string of the molecule is CC(C)(C)CN1CCN(CCCC(C)(C)C(C)(C)C)CC1. The second-order valence-electron chi connectivity index (χ2n) is 9.92. The van der Waals surface area contributed by atoms with Gasteiger partial charge in [0.15, 0.2) is 0 Å². The van der Waals surface area contributed by atoms with Crippen molar-refractivity contribution in [2.24, 2.45) is 16.2 Å². The minimum Gasteiger partial charge on any atom is -0.301 e. The van der Waals surface area contributed by atoms with Gasteiger partial charge in [0, 0.05) is 32.7 Å². The quantitative estimate of drug-likeness (QED) is 0.737. The molecule has 0 radical (unpaired) electrons. The molecule has 0 aromatic rings. The molecule has 0 aromatic heterocycles. The molecule has 0 atom stereocenters. The van der Waals surface area contributed by atoms with Crippen molar-refractivity contribution in [3.05, 3.63) is 0 Å². The van der Waals surface area contributed by atoms with Crippen LogP contribution >= 0.6 is 0 Å². The van der Waals surface area contributed by atoms with Crippen molar-refractivity contribution in [1.82, 2.24) is 9.80 Å². The van der Waals surface area contributed by atoms with Crippen LogP contribution in [0.5, 0.6) is 0 Å². The van der Waals surface area contributed by atoms with Crippen LogP contribution in [0.1, 0.15) is 68.2 Å². The molecule has 0 aromatic carbocycles. The maximum absolute atomic E-state index is 2.66. The van der Waals surface area contributed by atoms with Crippen molar-refractivity contribution >= 4 is 0 Å². The van der Waals surface area contributed by atoms with Gasteiger partial charge in [0.25, 0.3) is 0 Å². The summed E-state index contributed by atoms with van der Waals surface area (Å²) < 4.78 is 0. The van der Waals surface area contributed by atoms with E-state index in [-0.39, 0.29) is 0 Å². The van der Waals surface area contributed by atoms with Gasteiger partial charge in [0.2, 0.25) is 0 Å². The lowest BCUT2D eigenvalue weighted by Crippen LogP contribution is -2.48. The Balaban J connectivity index is 2.25. The molecule has 2 heteroatoms. The Kier molecular flexibility index (Phi) is 6.32. The third-order valence-electron chi connectivity index (χ3n) is 5.47. The van der Waals surface area contributed by atoms with Crippen molar-refractivity contribution in [2.75, 3.05) is 39.3 Å². The van der Waals surface area contributed by atoms with Crippen LogP contribution in [0.25, 0.3) is 0 Å². The first-order valence-electron chi connectivity index (χ1n) is 8.85. The van der Waals surface area contributed by atoms with E-state index < -0.39 is 0 Å². The van der Waals surface area contributed by atoms with E-state index in [1.165, 1.54) is 52.1 Å². The van der Waals surface area contributed by atoms with Gasteiger partial charge in [-0.2, -0.15) is 0 Å². The molecule has 1 aliphatic rings. The molecule has 1 heterocycles. The topological polar surface area (TPSA) is 6.48 Å². The van der Waals surface area contributed by atoms with Gasteiger partial charge in [-0.05, 0) is 35.6 Å². The van der Waals surface area contributed by atoms with Gasteiger partial charge >= 0.3 is 0 Å². The molecule has 0 aliphatic carbocycles. The average Bonchev–Trinajstić information content (AvgIpc) is 2.27.